The summed E-state index contributed by atoms with van der Waals surface area (Å²) in [5.41, 5.74) is 0.715. The first kappa shape index (κ1) is 15.8. The zero-order valence-electron chi connectivity index (χ0n) is 13.2. The molecule has 0 bridgehead atoms. The Morgan fingerprint density at radius 3 is 2.48 bits per heavy atom. The van der Waals surface area contributed by atoms with Crippen LogP contribution in [0.4, 0.5) is 17.5 Å². The second-order valence-corrected chi connectivity index (χ2v) is 5.80. The maximum absolute atomic E-state index is 5.79. The van der Waals surface area contributed by atoms with Gasteiger partial charge in [-0.2, -0.15) is 4.98 Å². The number of hydrogen-bond donors (Lipinski definition) is 1. The third-order valence-electron chi connectivity index (χ3n) is 3.73. The van der Waals surface area contributed by atoms with Crippen LogP contribution in [0.5, 0.6) is 5.88 Å². The topological polar surface area (TPSA) is 66.4 Å². The van der Waals surface area contributed by atoms with Gasteiger partial charge in [-0.25, -0.2) is 9.97 Å². The third-order valence-corrected chi connectivity index (χ3v) is 3.93. The smallest absolute Gasteiger partial charge is 0.239 e. The lowest BCUT2D eigenvalue weighted by atomic mass is 10.3. The van der Waals surface area contributed by atoms with Crippen molar-refractivity contribution in [2.24, 2.45) is 0 Å². The van der Waals surface area contributed by atoms with E-state index >= 15 is 0 Å². The van der Waals surface area contributed by atoms with Crippen LogP contribution in [0, 0.1) is 0 Å². The van der Waals surface area contributed by atoms with Gasteiger partial charge in [0, 0.05) is 26.2 Å². The highest BCUT2D eigenvalue weighted by Crippen LogP contribution is 2.28. The first-order chi connectivity index (χ1) is 11.2. The van der Waals surface area contributed by atoms with Crippen LogP contribution >= 0.6 is 11.6 Å². The molecule has 122 valence electrons. The molecule has 2 aromatic rings. The molecule has 0 spiro atoms. The van der Waals surface area contributed by atoms with Gasteiger partial charge in [-0.15, -0.1) is 0 Å². The fourth-order valence-corrected chi connectivity index (χ4v) is 2.49. The van der Waals surface area contributed by atoms with Crippen molar-refractivity contribution in [2.75, 3.05) is 50.6 Å². The normalized spacial score (nSPS) is 15.5. The molecule has 0 radical (unpaired) electrons. The molecule has 1 aliphatic rings. The average molecular weight is 335 g/mol. The SMILES string of the molecule is COc1nc(N2CCN(C)CC2)ccc1Nc1ncc(Cl)cn1. The number of piperazine rings is 1. The summed E-state index contributed by atoms with van der Waals surface area (Å²) in [6, 6.07) is 3.91. The van der Waals surface area contributed by atoms with E-state index in [0.29, 0.717) is 22.5 Å². The molecule has 0 aliphatic carbocycles. The summed E-state index contributed by atoms with van der Waals surface area (Å²) in [6.45, 7) is 3.98. The summed E-state index contributed by atoms with van der Waals surface area (Å²) in [5.74, 6) is 1.87. The van der Waals surface area contributed by atoms with Gasteiger partial charge in [0.1, 0.15) is 11.5 Å². The largest absolute Gasteiger partial charge is 0.479 e. The Bertz CT molecular complexity index is 658. The number of nitrogens with one attached hydrogen (secondary N) is 1. The van der Waals surface area contributed by atoms with E-state index in [1.54, 1.807) is 7.11 Å². The summed E-state index contributed by atoms with van der Waals surface area (Å²) in [6.07, 6.45) is 3.07. The monoisotopic (exact) mass is 334 g/mol. The van der Waals surface area contributed by atoms with Crippen LogP contribution in [-0.2, 0) is 0 Å². The molecular formula is C15H19ClN6O. The summed E-state index contributed by atoms with van der Waals surface area (Å²) in [7, 11) is 3.73. The van der Waals surface area contributed by atoms with Gasteiger partial charge in [-0.05, 0) is 19.2 Å². The molecule has 1 N–H and O–H groups in total. The first-order valence-corrected chi connectivity index (χ1v) is 7.76. The van der Waals surface area contributed by atoms with Gasteiger partial charge in [-0.1, -0.05) is 11.6 Å². The number of hydrogen-bond acceptors (Lipinski definition) is 7. The van der Waals surface area contributed by atoms with E-state index in [1.807, 2.05) is 12.1 Å². The van der Waals surface area contributed by atoms with Crippen molar-refractivity contribution >= 4 is 29.1 Å². The van der Waals surface area contributed by atoms with Crippen molar-refractivity contribution in [3.8, 4) is 5.88 Å². The van der Waals surface area contributed by atoms with Crippen molar-refractivity contribution in [2.45, 2.75) is 0 Å². The zero-order valence-corrected chi connectivity index (χ0v) is 13.9. The molecule has 3 rings (SSSR count). The van der Waals surface area contributed by atoms with Gasteiger partial charge >= 0.3 is 0 Å². The molecule has 8 heteroatoms. The fourth-order valence-electron chi connectivity index (χ4n) is 2.39. The van der Waals surface area contributed by atoms with Crippen LogP contribution in [-0.4, -0.2) is 60.2 Å². The van der Waals surface area contributed by atoms with E-state index in [1.165, 1.54) is 12.4 Å². The molecule has 0 unspecified atom stereocenters. The number of pyridine rings is 1. The highest BCUT2D eigenvalue weighted by Gasteiger charge is 2.17. The highest BCUT2D eigenvalue weighted by molar-refractivity contribution is 6.30. The number of rotatable bonds is 4. The van der Waals surface area contributed by atoms with Crippen molar-refractivity contribution in [1.29, 1.82) is 0 Å². The second-order valence-electron chi connectivity index (χ2n) is 5.37. The third kappa shape index (κ3) is 3.80. The van der Waals surface area contributed by atoms with E-state index < -0.39 is 0 Å². The number of methoxy groups -OCH3 is 1. The number of halogens is 1. The predicted molar refractivity (Wildman–Crippen MR) is 90.8 cm³/mol. The minimum absolute atomic E-state index is 0.446. The minimum atomic E-state index is 0.446. The van der Waals surface area contributed by atoms with Crippen LogP contribution < -0.4 is 15.0 Å². The lowest BCUT2D eigenvalue weighted by molar-refractivity contribution is 0.311. The van der Waals surface area contributed by atoms with Crippen molar-refractivity contribution < 1.29 is 4.74 Å². The maximum Gasteiger partial charge on any atom is 0.239 e. The average Bonchev–Trinajstić information content (AvgIpc) is 2.58. The van der Waals surface area contributed by atoms with Crippen molar-refractivity contribution in [1.82, 2.24) is 19.9 Å². The molecule has 0 atom stereocenters. The molecule has 0 amide bonds. The molecule has 1 aliphatic heterocycles. The van der Waals surface area contributed by atoms with E-state index in [2.05, 4.69) is 37.1 Å². The summed E-state index contributed by atoms with van der Waals surface area (Å²) >= 11 is 5.79. The van der Waals surface area contributed by atoms with Crippen LogP contribution in [0.3, 0.4) is 0 Å². The van der Waals surface area contributed by atoms with Gasteiger partial charge < -0.3 is 19.9 Å². The lowest BCUT2D eigenvalue weighted by Crippen LogP contribution is -2.44. The molecule has 0 aromatic carbocycles. The second kappa shape index (κ2) is 6.97. The molecule has 2 aromatic heterocycles. The van der Waals surface area contributed by atoms with Crippen LogP contribution in [0.15, 0.2) is 24.5 Å². The fraction of sp³-hybridized carbons (Fsp3) is 0.400. The Balaban J connectivity index is 1.78. The number of aromatic nitrogens is 3. The molecule has 0 saturated carbocycles. The van der Waals surface area contributed by atoms with Crippen LogP contribution in [0.2, 0.25) is 5.02 Å². The van der Waals surface area contributed by atoms with Gasteiger partial charge in [0.15, 0.2) is 0 Å². The summed E-state index contributed by atoms with van der Waals surface area (Å²) in [5, 5.41) is 3.58. The standard InChI is InChI=1S/C15H19ClN6O/c1-21-5-7-22(8-6-21)13-4-3-12(14(20-13)23-2)19-15-17-9-11(16)10-18-15/h3-4,9-10H,5-8H2,1-2H3,(H,17,18,19). The summed E-state index contributed by atoms with van der Waals surface area (Å²) < 4.78 is 5.40. The molecule has 3 heterocycles. The molecule has 1 saturated heterocycles. The Morgan fingerprint density at radius 1 is 1.13 bits per heavy atom. The number of anilines is 3. The number of nitrogens with zero attached hydrogens (tertiary/aromatic N) is 5. The number of likely N-dealkylation sites (N-methyl/N-ethyl adjacent to an activating group) is 1. The number of ether oxygens (including phenoxy) is 1. The maximum atomic E-state index is 5.79. The molecular weight excluding hydrogens is 316 g/mol. The Morgan fingerprint density at radius 2 is 1.83 bits per heavy atom. The van der Waals surface area contributed by atoms with Gasteiger partial charge in [0.25, 0.3) is 0 Å². The molecule has 23 heavy (non-hydrogen) atoms. The Kier molecular flexibility index (Phi) is 4.78. The Labute approximate surface area is 140 Å². The van der Waals surface area contributed by atoms with Gasteiger partial charge in [0.05, 0.1) is 24.5 Å². The minimum Gasteiger partial charge on any atom is -0.479 e. The highest BCUT2D eigenvalue weighted by atomic mass is 35.5. The van der Waals surface area contributed by atoms with Gasteiger partial charge in [0.2, 0.25) is 11.8 Å². The first-order valence-electron chi connectivity index (χ1n) is 7.39. The van der Waals surface area contributed by atoms with E-state index in [4.69, 9.17) is 16.3 Å². The molecule has 7 nitrogen and oxygen atoms in total. The van der Waals surface area contributed by atoms with Crippen molar-refractivity contribution in [3.05, 3.63) is 29.5 Å². The van der Waals surface area contributed by atoms with E-state index in [-0.39, 0.29) is 0 Å². The molecule has 1 fully saturated rings. The van der Waals surface area contributed by atoms with Crippen LogP contribution in [0.1, 0.15) is 0 Å². The lowest BCUT2D eigenvalue weighted by Gasteiger charge is -2.33. The van der Waals surface area contributed by atoms with Gasteiger partial charge in [-0.3, -0.25) is 0 Å². The zero-order chi connectivity index (χ0) is 16.2. The van der Waals surface area contributed by atoms with E-state index in [0.717, 1.165) is 32.0 Å². The van der Waals surface area contributed by atoms with Crippen LogP contribution in [0.25, 0.3) is 0 Å². The predicted octanol–water partition coefficient (Wildman–Crippen LogP) is 2.03. The summed E-state index contributed by atoms with van der Waals surface area (Å²) in [4.78, 5) is 17.4. The van der Waals surface area contributed by atoms with E-state index in [9.17, 15) is 0 Å². The quantitative estimate of drug-likeness (QED) is 0.917. The van der Waals surface area contributed by atoms with Crippen molar-refractivity contribution in [3.63, 3.8) is 0 Å². The Hall–Kier alpha value is -2.12.